The molecule has 3 aliphatic carbocycles. The first-order valence-electron chi connectivity index (χ1n) is 10.8. The van der Waals surface area contributed by atoms with Crippen LogP contribution in [0.1, 0.15) is 43.6 Å². The van der Waals surface area contributed by atoms with Crippen LogP contribution in [0.25, 0.3) is 0 Å². The fourth-order valence-corrected chi connectivity index (χ4v) is 6.30. The van der Waals surface area contributed by atoms with Gasteiger partial charge in [0, 0.05) is 12.5 Å². The van der Waals surface area contributed by atoms with Crippen molar-refractivity contribution >= 4 is 11.9 Å². The van der Waals surface area contributed by atoms with E-state index in [2.05, 4.69) is 15.8 Å². The zero-order valence-corrected chi connectivity index (χ0v) is 17.0. The number of nitrogens with zero attached hydrogens (tertiary/aromatic N) is 1. The van der Waals surface area contributed by atoms with Crippen molar-refractivity contribution in [2.45, 2.75) is 57.6 Å². The molecular weight excluding hydrogens is 396 g/mol. The SMILES string of the molecule is Cc1cc(CNC(=O)[C@H]2[C@H](C(=O)OC3CCNCC3(F)F)[C@H]3CC[C@@H]2C32CC2)on1. The van der Waals surface area contributed by atoms with Crippen molar-refractivity contribution in [2.75, 3.05) is 13.1 Å². The summed E-state index contributed by atoms with van der Waals surface area (Å²) in [6.45, 7) is 1.87. The Hall–Kier alpha value is -2.03. The number of esters is 1. The van der Waals surface area contributed by atoms with Crippen LogP contribution in [0.3, 0.4) is 0 Å². The first-order valence-corrected chi connectivity index (χ1v) is 10.8. The van der Waals surface area contributed by atoms with Crippen LogP contribution in [0.5, 0.6) is 0 Å². The highest BCUT2D eigenvalue weighted by atomic mass is 19.3. The van der Waals surface area contributed by atoms with Gasteiger partial charge in [-0.3, -0.25) is 9.59 Å². The highest BCUT2D eigenvalue weighted by molar-refractivity contribution is 5.87. The van der Waals surface area contributed by atoms with Gasteiger partial charge in [0.05, 0.1) is 30.6 Å². The van der Waals surface area contributed by atoms with E-state index in [1.54, 1.807) is 13.0 Å². The van der Waals surface area contributed by atoms with Gasteiger partial charge in [-0.05, 0) is 56.4 Å². The molecule has 2 heterocycles. The minimum absolute atomic E-state index is 0.0190. The van der Waals surface area contributed by atoms with Gasteiger partial charge in [-0.15, -0.1) is 0 Å². The Bertz CT molecular complexity index is 853. The van der Waals surface area contributed by atoms with Gasteiger partial charge >= 0.3 is 5.97 Å². The molecule has 1 amide bonds. The zero-order valence-electron chi connectivity index (χ0n) is 17.0. The molecule has 0 aromatic carbocycles. The largest absolute Gasteiger partial charge is 0.456 e. The number of nitrogens with one attached hydrogen (secondary N) is 2. The fraction of sp³-hybridized carbons (Fsp3) is 0.762. The second-order valence-electron chi connectivity index (χ2n) is 9.38. The van der Waals surface area contributed by atoms with Gasteiger partial charge in [-0.25, -0.2) is 8.78 Å². The number of hydrogen-bond donors (Lipinski definition) is 2. The molecule has 5 rings (SSSR count). The first-order chi connectivity index (χ1) is 14.3. The number of hydrogen-bond acceptors (Lipinski definition) is 6. The third kappa shape index (κ3) is 3.13. The number of rotatable bonds is 5. The van der Waals surface area contributed by atoms with Crippen molar-refractivity contribution < 1.29 is 27.6 Å². The lowest BCUT2D eigenvalue weighted by molar-refractivity contribution is -0.186. The van der Waals surface area contributed by atoms with E-state index in [1.165, 1.54) is 0 Å². The minimum atomic E-state index is -3.09. The Morgan fingerprint density at radius 1 is 1.27 bits per heavy atom. The van der Waals surface area contributed by atoms with Crippen LogP contribution in [0.15, 0.2) is 10.6 Å². The standard InChI is InChI=1S/C21H27F2N3O4/c1-11-8-12(30-26-11)9-25-18(27)16-13-2-3-14(20(13)5-6-20)17(16)19(28)29-15-4-7-24-10-21(15,22)23/h8,13-17,24H,2-7,9-10H2,1H3,(H,25,27)/t13-,14+,15?,16+,17+/m0/s1. The molecule has 2 bridgehead atoms. The number of halogens is 2. The molecule has 1 aromatic heterocycles. The van der Waals surface area contributed by atoms with Crippen LogP contribution in [-0.4, -0.2) is 42.1 Å². The van der Waals surface area contributed by atoms with Gasteiger partial charge in [-0.1, -0.05) is 5.16 Å². The Morgan fingerprint density at radius 2 is 2.00 bits per heavy atom. The third-order valence-corrected chi connectivity index (χ3v) is 7.71. The summed E-state index contributed by atoms with van der Waals surface area (Å²) in [5, 5.41) is 9.32. The van der Waals surface area contributed by atoms with Gasteiger partial charge in [0.2, 0.25) is 5.91 Å². The summed E-state index contributed by atoms with van der Waals surface area (Å²) in [6.07, 6.45) is 2.41. The molecule has 1 unspecified atom stereocenters. The van der Waals surface area contributed by atoms with E-state index in [0.717, 1.165) is 31.4 Å². The second kappa shape index (κ2) is 7.00. The molecule has 1 spiro atoms. The van der Waals surface area contributed by atoms with Crippen molar-refractivity contribution in [3.8, 4) is 0 Å². The summed E-state index contributed by atoms with van der Waals surface area (Å²) >= 11 is 0. The van der Waals surface area contributed by atoms with Crippen LogP contribution in [-0.2, 0) is 20.9 Å². The number of amides is 1. The molecule has 1 aromatic rings. The Morgan fingerprint density at radius 3 is 2.63 bits per heavy atom. The maximum Gasteiger partial charge on any atom is 0.310 e. The topological polar surface area (TPSA) is 93.5 Å². The molecule has 7 nitrogen and oxygen atoms in total. The molecule has 1 aliphatic heterocycles. The normalized spacial score (nSPS) is 35.4. The predicted octanol–water partition coefficient (Wildman–Crippen LogP) is 2.19. The van der Waals surface area contributed by atoms with E-state index in [1.807, 2.05) is 0 Å². The molecule has 3 saturated carbocycles. The summed E-state index contributed by atoms with van der Waals surface area (Å²) in [7, 11) is 0. The van der Waals surface area contributed by atoms with Gasteiger partial charge in [0.25, 0.3) is 5.92 Å². The first kappa shape index (κ1) is 19.9. The van der Waals surface area contributed by atoms with Gasteiger partial charge < -0.3 is 19.9 Å². The van der Waals surface area contributed by atoms with Crippen LogP contribution in [0, 0.1) is 36.0 Å². The van der Waals surface area contributed by atoms with Crippen LogP contribution >= 0.6 is 0 Å². The van der Waals surface area contributed by atoms with Crippen LogP contribution in [0.4, 0.5) is 8.78 Å². The lowest BCUT2D eigenvalue weighted by Crippen LogP contribution is -2.52. The van der Waals surface area contributed by atoms with Crippen LogP contribution in [0.2, 0.25) is 0 Å². The average Bonchev–Trinajstić information content (AvgIpc) is 3.19. The fourth-order valence-electron chi connectivity index (χ4n) is 6.30. The monoisotopic (exact) mass is 423 g/mol. The summed E-state index contributed by atoms with van der Waals surface area (Å²) in [6, 6.07) is 1.74. The Balaban J connectivity index is 1.33. The molecule has 30 heavy (non-hydrogen) atoms. The van der Waals surface area contributed by atoms with E-state index in [9.17, 15) is 18.4 Å². The van der Waals surface area contributed by atoms with Crippen molar-refractivity contribution in [1.29, 1.82) is 0 Å². The molecule has 1 saturated heterocycles. The van der Waals surface area contributed by atoms with E-state index < -0.39 is 36.4 Å². The maximum absolute atomic E-state index is 14.2. The number of alkyl halides is 2. The molecule has 9 heteroatoms. The molecule has 164 valence electrons. The van der Waals surface area contributed by atoms with Crippen LogP contribution < -0.4 is 10.6 Å². The van der Waals surface area contributed by atoms with Crippen molar-refractivity contribution in [3.63, 3.8) is 0 Å². The van der Waals surface area contributed by atoms with E-state index >= 15 is 0 Å². The molecular formula is C21H27F2N3O4. The number of piperidine rings is 1. The minimum Gasteiger partial charge on any atom is -0.456 e. The summed E-state index contributed by atoms with van der Waals surface area (Å²) in [5.41, 5.74) is 0.742. The van der Waals surface area contributed by atoms with E-state index in [0.29, 0.717) is 12.3 Å². The van der Waals surface area contributed by atoms with E-state index in [-0.39, 0.29) is 36.1 Å². The predicted molar refractivity (Wildman–Crippen MR) is 100 cm³/mol. The summed E-state index contributed by atoms with van der Waals surface area (Å²) < 4.78 is 38.9. The number of aryl methyl sites for hydroxylation is 1. The molecule has 4 aliphatic rings. The molecule has 2 N–H and O–H groups in total. The quantitative estimate of drug-likeness (QED) is 0.706. The lowest BCUT2D eigenvalue weighted by Gasteiger charge is -2.34. The van der Waals surface area contributed by atoms with Crippen molar-refractivity contribution in [3.05, 3.63) is 17.5 Å². The number of carbonyl (C=O) groups is 2. The maximum atomic E-state index is 14.2. The summed E-state index contributed by atoms with van der Waals surface area (Å²) in [4.78, 5) is 26.2. The van der Waals surface area contributed by atoms with Gasteiger partial charge in [-0.2, -0.15) is 0 Å². The lowest BCUT2D eigenvalue weighted by atomic mass is 9.78. The number of aromatic nitrogens is 1. The highest BCUT2D eigenvalue weighted by Crippen LogP contribution is 2.74. The van der Waals surface area contributed by atoms with Crippen molar-refractivity contribution in [2.24, 2.45) is 29.1 Å². The zero-order chi connectivity index (χ0) is 21.1. The Labute approximate surface area is 173 Å². The van der Waals surface area contributed by atoms with E-state index in [4.69, 9.17) is 9.26 Å². The van der Waals surface area contributed by atoms with Gasteiger partial charge in [0.1, 0.15) is 0 Å². The third-order valence-electron chi connectivity index (χ3n) is 7.71. The Kier molecular flexibility index (Phi) is 4.65. The molecule has 4 fully saturated rings. The van der Waals surface area contributed by atoms with Gasteiger partial charge in [0.15, 0.2) is 11.9 Å². The second-order valence-corrected chi connectivity index (χ2v) is 9.38. The van der Waals surface area contributed by atoms with Crippen molar-refractivity contribution in [1.82, 2.24) is 15.8 Å². The number of carbonyl (C=O) groups excluding carboxylic acids is 2. The smallest absolute Gasteiger partial charge is 0.310 e. The summed E-state index contributed by atoms with van der Waals surface area (Å²) in [5.74, 6) is -4.41. The molecule has 0 radical (unpaired) electrons. The molecule has 5 atom stereocenters. The average molecular weight is 423 g/mol. The number of ether oxygens (including phenoxy) is 1. The highest BCUT2D eigenvalue weighted by Gasteiger charge is 2.72.